The number of nitrogens with one attached hydrogen (secondary N) is 2. The minimum atomic E-state index is -3.22. The van der Waals surface area contributed by atoms with E-state index in [1.807, 2.05) is 69.2 Å². The fourth-order valence-electron chi connectivity index (χ4n) is 9.33. The van der Waals surface area contributed by atoms with Crippen molar-refractivity contribution in [3.8, 4) is 16.9 Å². The number of carbonyl (C=O) groups excluding carboxylic acids is 2. The number of hydroxylamine groups is 2. The lowest BCUT2D eigenvalue weighted by molar-refractivity contribution is -0.183. The van der Waals surface area contributed by atoms with Crippen LogP contribution in [0.3, 0.4) is 0 Å². The summed E-state index contributed by atoms with van der Waals surface area (Å²) in [5.41, 5.74) is 3.64. The number of amides is 2. The number of likely N-dealkylation sites (N-methyl/N-ethyl adjacent to an activating group) is 1. The summed E-state index contributed by atoms with van der Waals surface area (Å²) in [6, 6.07) is 10.1. The number of hydrogen-bond donors (Lipinski definition) is 4. The Labute approximate surface area is 334 Å². The predicted molar refractivity (Wildman–Crippen MR) is 219 cm³/mol. The van der Waals surface area contributed by atoms with E-state index in [1.54, 1.807) is 24.1 Å². The van der Waals surface area contributed by atoms with E-state index in [0.29, 0.717) is 42.2 Å². The van der Waals surface area contributed by atoms with Crippen LogP contribution in [0.15, 0.2) is 36.4 Å². The van der Waals surface area contributed by atoms with E-state index in [9.17, 15) is 28.2 Å². The molecule has 1 heterocycles. The van der Waals surface area contributed by atoms with Gasteiger partial charge in [-0.2, -0.15) is 5.06 Å². The molecule has 312 valence electrons. The van der Waals surface area contributed by atoms with Gasteiger partial charge in [0, 0.05) is 67.3 Å². The van der Waals surface area contributed by atoms with Crippen molar-refractivity contribution >= 4 is 27.3 Å². The van der Waals surface area contributed by atoms with Gasteiger partial charge in [0.15, 0.2) is 0 Å². The zero-order chi connectivity index (χ0) is 41.3. The van der Waals surface area contributed by atoms with Crippen molar-refractivity contribution in [1.82, 2.24) is 20.6 Å². The lowest BCUT2D eigenvalue weighted by atomic mass is 9.45. The Morgan fingerprint density at radius 3 is 2.41 bits per heavy atom. The summed E-state index contributed by atoms with van der Waals surface area (Å²) in [5, 5.41) is 29.4. The predicted octanol–water partition coefficient (Wildman–Crippen LogP) is 3.57. The Hall–Kier alpha value is -3.27. The molecule has 2 aromatic carbocycles. The summed E-state index contributed by atoms with van der Waals surface area (Å²) in [7, 11) is 4.32. The number of rotatable bonds is 17. The number of hydrogen-bond acceptors (Lipinski definition) is 11. The number of para-hydroxylation sites is 1. The Morgan fingerprint density at radius 1 is 1.12 bits per heavy atom. The van der Waals surface area contributed by atoms with Crippen molar-refractivity contribution in [3.63, 3.8) is 0 Å². The number of benzene rings is 2. The molecule has 13 nitrogen and oxygen atoms in total. The first-order valence-corrected chi connectivity index (χ1v) is 22.0. The van der Waals surface area contributed by atoms with Gasteiger partial charge in [-0.15, -0.1) is 0 Å². The molecule has 3 aliphatic carbocycles. The molecule has 4 aliphatic rings. The van der Waals surface area contributed by atoms with Crippen LogP contribution in [-0.2, 0) is 26.0 Å². The van der Waals surface area contributed by atoms with Gasteiger partial charge in [-0.3, -0.25) is 14.4 Å². The van der Waals surface area contributed by atoms with Crippen LogP contribution in [0.25, 0.3) is 11.1 Å². The number of aliphatic hydroxyl groups excluding tert-OH is 2. The molecule has 0 unspecified atom stereocenters. The molecule has 2 bridgehead atoms. The fraction of sp³-hybridized carbons (Fsp3) is 0.667. The molecule has 4 N–H and O–H groups in total. The van der Waals surface area contributed by atoms with Crippen molar-refractivity contribution in [2.45, 2.75) is 90.8 Å². The van der Waals surface area contributed by atoms with Crippen LogP contribution in [0, 0.1) is 29.1 Å². The highest BCUT2D eigenvalue weighted by atomic mass is 32.2. The highest BCUT2D eigenvalue weighted by Gasteiger charge is 2.57. The average molecular weight is 800 g/mol. The van der Waals surface area contributed by atoms with Gasteiger partial charge in [0.1, 0.15) is 27.7 Å². The monoisotopic (exact) mass is 799 g/mol. The quantitative estimate of drug-likeness (QED) is 0.185. The molecule has 0 radical (unpaired) electrons. The molecule has 56 heavy (non-hydrogen) atoms. The number of sulfone groups is 1. The van der Waals surface area contributed by atoms with E-state index >= 15 is 0 Å². The van der Waals surface area contributed by atoms with Crippen LogP contribution >= 0.6 is 0 Å². The van der Waals surface area contributed by atoms with Crippen molar-refractivity contribution < 1.29 is 37.8 Å². The van der Waals surface area contributed by atoms with Gasteiger partial charge >= 0.3 is 0 Å². The summed E-state index contributed by atoms with van der Waals surface area (Å²) in [4.78, 5) is 38.3. The molecule has 4 fully saturated rings. The fourth-order valence-corrected chi connectivity index (χ4v) is 10.0. The van der Waals surface area contributed by atoms with E-state index in [0.717, 1.165) is 28.8 Å². The largest absolute Gasteiger partial charge is 0.493 e. The van der Waals surface area contributed by atoms with Gasteiger partial charge in [-0.25, -0.2) is 8.42 Å². The molecule has 2 aromatic rings. The van der Waals surface area contributed by atoms with Gasteiger partial charge in [0.2, 0.25) is 5.91 Å². The topological polar surface area (TPSA) is 161 Å². The molecule has 1 saturated heterocycles. The van der Waals surface area contributed by atoms with Gasteiger partial charge in [0.05, 0.1) is 31.6 Å². The summed E-state index contributed by atoms with van der Waals surface area (Å²) < 4.78 is 30.3. The van der Waals surface area contributed by atoms with Gasteiger partial charge in [-0.1, -0.05) is 39.0 Å². The number of anilines is 1. The highest BCUT2D eigenvalue weighted by Crippen LogP contribution is 2.61. The second-order valence-corrected chi connectivity index (χ2v) is 19.7. The summed E-state index contributed by atoms with van der Waals surface area (Å²) in [6.07, 6.45) is 1.86. The smallest absolute Gasteiger partial charge is 0.251 e. The SMILES string of the molecule is CCOc1c(CN2O[C@@H](CO)[C@@H]([C@H](C)O)[C@H]2C(=O)N[C@H]2C[C@H]3C[C@@H]([C@@H]2C)C3(C)C)cccc1-c1cc(C(=O)N[C@@H](CCS(C)(=O)=O)CN(C)C)cc(N(C)C)c1. The third-order valence-corrected chi connectivity index (χ3v) is 13.5. The number of aliphatic hydroxyl groups is 2. The van der Waals surface area contributed by atoms with Crippen LogP contribution in [0.1, 0.15) is 69.8 Å². The zero-order valence-electron chi connectivity index (χ0n) is 34.9. The molecule has 2 amide bonds. The highest BCUT2D eigenvalue weighted by molar-refractivity contribution is 7.90. The molecular weight excluding hydrogens is 735 g/mol. The van der Waals surface area contributed by atoms with Crippen LogP contribution in [0.5, 0.6) is 5.75 Å². The molecule has 0 aromatic heterocycles. The normalized spacial score (nSPS) is 27.0. The first-order chi connectivity index (χ1) is 26.2. The van der Waals surface area contributed by atoms with E-state index < -0.39 is 40.0 Å². The maximum atomic E-state index is 14.3. The molecule has 3 saturated carbocycles. The second-order valence-electron chi connectivity index (χ2n) is 17.5. The summed E-state index contributed by atoms with van der Waals surface area (Å²) in [5.74, 6) is 0.693. The van der Waals surface area contributed by atoms with Crippen molar-refractivity contribution in [2.24, 2.45) is 29.1 Å². The van der Waals surface area contributed by atoms with Gasteiger partial charge in [-0.05, 0) is 94.1 Å². The number of carbonyl (C=O) groups is 2. The molecule has 0 spiro atoms. The van der Waals surface area contributed by atoms with E-state index in [-0.39, 0.29) is 48.6 Å². The summed E-state index contributed by atoms with van der Waals surface area (Å²) >= 11 is 0. The van der Waals surface area contributed by atoms with Gasteiger partial charge < -0.3 is 35.4 Å². The molecule has 14 heteroatoms. The lowest BCUT2D eigenvalue weighted by Crippen LogP contribution is -2.62. The lowest BCUT2D eigenvalue weighted by Gasteiger charge is -2.62. The third-order valence-electron chi connectivity index (χ3n) is 12.5. The third kappa shape index (κ3) is 9.70. The minimum Gasteiger partial charge on any atom is -0.493 e. The average Bonchev–Trinajstić information content (AvgIpc) is 3.49. The Balaban J connectivity index is 1.47. The van der Waals surface area contributed by atoms with Crippen LogP contribution < -0.4 is 20.3 Å². The van der Waals surface area contributed by atoms with Gasteiger partial charge in [0.25, 0.3) is 5.91 Å². The zero-order valence-corrected chi connectivity index (χ0v) is 35.7. The Morgan fingerprint density at radius 2 is 1.84 bits per heavy atom. The first-order valence-electron chi connectivity index (χ1n) is 20.0. The Bertz CT molecular complexity index is 1820. The minimum absolute atomic E-state index is 0.0134. The number of nitrogens with zero attached hydrogens (tertiary/aromatic N) is 3. The Kier molecular flexibility index (Phi) is 13.9. The first kappa shape index (κ1) is 43.8. The standard InChI is InChI=1S/C42H65N5O8S/c1-11-54-39-27(22-47-38(37(26(3)49)36(24-48)55-47)41(51)44-35-21-30-20-34(25(35)2)42(30,4)5)13-12-14-33(39)28-17-29(19-32(18-28)46(8)9)40(50)43-31(23-45(6)7)15-16-56(10,52)53/h12-14,17-19,25-26,30-31,34-38,48-49H,11,15-16,20-24H2,1-10H3,(H,43,50)(H,44,51)/t25-,26-,30+,31-,34-,35-,36-,37+,38-/m0/s1. The van der Waals surface area contributed by atoms with E-state index in [2.05, 4.69) is 31.4 Å². The number of fused-ring (bicyclic) bond motifs is 2. The van der Waals surface area contributed by atoms with Crippen molar-refractivity contribution in [1.29, 1.82) is 0 Å². The van der Waals surface area contributed by atoms with E-state index in [1.165, 1.54) is 12.7 Å². The number of ether oxygens (including phenoxy) is 1. The van der Waals surface area contributed by atoms with Crippen molar-refractivity contribution in [2.75, 3.05) is 64.9 Å². The van der Waals surface area contributed by atoms with E-state index in [4.69, 9.17) is 9.57 Å². The second kappa shape index (κ2) is 17.7. The molecular formula is C42H65N5O8S. The van der Waals surface area contributed by atoms with Crippen molar-refractivity contribution in [3.05, 3.63) is 47.5 Å². The van der Waals surface area contributed by atoms with Crippen LogP contribution in [-0.4, -0.2) is 131 Å². The molecule has 6 rings (SSSR count). The maximum Gasteiger partial charge on any atom is 0.251 e. The summed E-state index contributed by atoms with van der Waals surface area (Å²) in [6.45, 7) is 11.0. The maximum absolute atomic E-state index is 14.3. The van der Waals surface area contributed by atoms with Crippen LogP contribution in [0.4, 0.5) is 5.69 Å². The van der Waals surface area contributed by atoms with Crippen LogP contribution in [0.2, 0.25) is 0 Å². The molecule has 1 aliphatic heterocycles. The molecule has 9 atom stereocenters.